The summed E-state index contributed by atoms with van der Waals surface area (Å²) in [6, 6.07) is 6.27. The summed E-state index contributed by atoms with van der Waals surface area (Å²) < 4.78 is 5.30. The lowest BCUT2D eigenvalue weighted by atomic mass is 10.1. The summed E-state index contributed by atoms with van der Waals surface area (Å²) in [5.74, 6) is 0.575. The van der Waals surface area contributed by atoms with E-state index in [1.807, 2.05) is 6.92 Å². The highest BCUT2D eigenvalue weighted by atomic mass is 35.5. The first-order valence-corrected chi connectivity index (χ1v) is 9.73. The van der Waals surface area contributed by atoms with E-state index in [1.54, 1.807) is 40.9 Å². The van der Waals surface area contributed by atoms with Crippen molar-refractivity contribution in [3.05, 3.63) is 34.9 Å². The van der Waals surface area contributed by atoms with Gasteiger partial charge in [-0.05, 0) is 43.0 Å². The van der Waals surface area contributed by atoms with Crippen LogP contribution < -0.4 is 0 Å². The second-order valence-electron chi connectivity index (χ2n) is 6.32. The number of carbonyl (C=O) groups excluding carboxylic acids is 2. The predicted octanol–water partition coefficient (Wildman–Crippen LogP) is 4.22. The molecule has 0 radical (unpaired) electrons. The largest absolute Gasteiger partial charge is 0.464 e. The number of hydrogen-bond acceptors (Lipinski definition) is 4. The number of nitrogens with zero attached hydrogens (tertiary/aromatic N) is 1. The van der Waals surface area contributed by atoms with Crippen LogP contribution in [-0.2, 0) is 9.53 Å². The number of ether oxygens (including phenoxy) is 1. The van der Waals surface area contributed by atoms with E-state index in [2.05, 4.69) is 13.8 Å². The van der Waals surface area contributed by atoms with Crippen LogP contribution in [0.5, 0.6) is 0 Å². The Morgan fingerprint density at radius 1 is 1.33 bits per heavy atom. The van der Waals surface area contributed by atoms with Crippen LogP contribution in [0.3, 0.4) is 0 Å². The summed E-state index contributed by atoms with van der Waals surface area (Å²) >= 11 is 7.56. The van der Waals surface area contributed by atoms with Crippen molar-refractivity contribution in [3.63, 3.8) is 0 Å². The summed E-state index contributed by atoms with van der Waals surface area (Å²) in [6.45, 7) is 6.58. The molecule has 24 heavy (non-hydrogen) atoms. The van der Waals surface area contributed by atoms with Gasteiger partial charge < -0.3 is 9.64 Å². The molecule has 132 valence electrons. The van der Waals surface area contributed by atoms with Gasteiger partial charge in [-0.3, -0.25) is 4.79 Å². The first-order valence-electron chi connectivity index (χ1n) is 8.30. The van der Waals surface area contributed by atoms with Crippen LogP contribution in [0, 0.1) is 5.92 Å². The molecule has 2 atom stereocenters. The molecular formula is C18H24ClNO3S. The number of esters is 1. The lowest BCUT2D eigenvalue weighted by Crippen LogP contribution is -2.46. The van der Waals surface area contributed by atoms with E-state index in [4.69, 9.17) is 16.3 Å². The molecule has 2 unspecified atom stereocenters. The summed E-state index contributed by atoms with van der Waals surface area (Å²) in [5.41, 5.74) is 0.545. The van der Waals surface area contributed by atoms with E-state index in [0.717, 1.165) is 12.8 Å². The Labute approximate surface area is 152 Å². The molecule has 0 spiro atoms. The normalized spacial score (nSPS) is 20.5. The number of rotatable bonds is 6. The summed E-state index contributed by atoms with van der Waals surface area (Å²) in [4.78, 5) is 27.1. The number of benzene rings is 1. The quantitative estimate of drug-likeness (QED) is 0.704. The first kappa shape index (κ1) is 19.1. The second-order valence-corrected chi connectivity index (χ2v) is 7.97. The third-order valence-electron chi connectivity index (χ3n) is 3.81. The van der Waals surface area contributed by atoms with Gasteiger partial charge in [0.1, 0.15) is 6.04 Å². The number of amides is 1. The van der Waals surface area contributed by atoms with Crippen LogP contribution in [-0.4, -0.2) is 40.6 Å². The monoisotopic (exact) mass is 369 g/mol. The predicted molar refractivity (Wildman–Crippen MR) is 98.4 cm³/mol. The molecule has 0 saturated carbocycles. The topological polar surface area (TPSA) is 46.6 Å². The Balaban J connectivity index is 2.23. The fourth-order valence-corrected chi connectivity index (χ4v) is 4.39. The molecule has 0 aliphatic carbocycles. The van der Waals surface area contributed by atoms with Gasteiger partial charge in [0.15, 0.2) is 0 Å². The Morgan fingerprint density at radius 2 is 2.00 bits per heavy atom. The van der Waals surface area contributed by atoms with Crippen LogP contribution >= 0.6 is 23.4 Å². The van der Waals surface area contributed by atoms with Crippen molar-refractivity contribution in [1.82, 2.24) is 4.90 Å². The number of hydrogen-bond donors (Lipinski definition) is 0. The zero-order valence-electron chi connectivity index (χ0n) is 14.3. The molecule has 1 aromatic carbocycles. The zero-order valence-corrected chi connectivity index (χ0v) is 15.9. The lowest BCUT2D eigenvalue weighted by Gasteiger charge is -2.29. The van der Waals surface area contributed by atoms with E-state index < -0.39 is 6.04 Å². The van der Waals surface area contributed by atoms with E-state index in [0.29, 0.717) is 28.9 Å². The molecule has 6 heteroatoms. The summed E-state index contributed by atoms with van der Waals surface area (Å²) in [5, 5.41) is 0.576. The highest BCUT2D eigenvalue weighted by molar-refractivity contribution is 8.00. The minimum absolute atomic E-state index is 0.00708. The van der Waals surface area contributed by atoms with Gasteiger partial charge in [0.05, 0.1) is 12.0 Å². The maximum atomic E-state index is 13.0. The van der Waals surface area contributed by atoms with Crippen molar-refractivity contribution in [2.24, 2.45) is 5.92 Å². The van der Waals surface area contributed by atoms with Gasteiger partial charge >= 0.3 is 5.97 Å². The van der Waals surface area contributed by atoms with Crippen molar-refractivity contribution in [2.45, 2.75) is 45.0 Å². The standard InChI is InChI=1S/C18H24ClNO3S/c1-4-9-23-18(22)15-11-24-16(10-12(2)3)20(15)17(21)13-5-7-14(19)8-6-13/h5-8,12,15-16H,4,9-11H2,1-3H3. The molecule has 0 bridgehead atoms. The zero-order chi connectivity index (χ0) is 17.7. The second kappa shape index (κ2) is 8.77. The molecule has 4 nitrogen and oxygen atoms in total. The molecule has 1 aliphatic heterocycles. The summed E-state index contributed by atoms with van der Waals surface area (Å²) in [7, 11) is 0. The van der Waals surface area contributed by atoms with Gasteiger partial charge in [0.2, 0.25) is 0 Å². The van der Waals surface area contributed by atoms with E-state index in [1.165, 1.54) is 0 Å². The van der Waals surface area contributed by atoms with Gasteiger partial charge in [-0.2, -0.15) is 0 Å². The molecule has 1 fully saturated rings. The third-order valence-corrected chi connectivity index (χ3v) is 5.38. The Kier molecular flexibility index (Phi) is 6.99. The molecule has 1 amide bonds. The molecule has 0 N–H and O–H groups in total. The number of thioether (sulfide) groups is 1. The van der Waals surface area contributed by atoms with Crippen molar-refractivity contribution in [2.75, 3.05) is 12.4 Å². The molecule has 1 aromatic rings. The smallest absolute Gasteiger partial charge is 0.329 e. The molecular weight excluding hydrogens is 346 g/mol. The Hall–Kier alpha value is -1.20. The minimum Gasteiger partial charge on any atom is -0.464 e. The average Bonchev–Trinajstić information content (AvgIpc) is 2.95. The Bertz CT molecular complexity index is 576. The highest BCUT2D eigenvalue weighted by Crippen LogP contribution is 2.35. The van der Waals surface area contributed by atoms with Crippen molar-refractivity contribution in [1.29, 1.82) is 0 Å². The molecule has 1 saturated heterocycles. The average molecular weight is 370 g/mol. The molecule has 0 aromatic heterocycles. The van der Waals surface area contributed by atoms with Gasteiger partial charge in [0.25, 0.3) is 5.91 Å². The minimum atomic E-state index is -0.520. The van der Waals surface area contributed by atoms with Crippen LogP contribution in [0.4, 0.5) is 0 Å². The molecule has 2 rings (SSSR count). The fraction of sp³-hybridized carbons (Fsp3) is 0.556. The van der Waals surface area contributed by atoms with Gasteiger partial charge in [-0.25, -0.2) is 4.79 Å². The van der Waals surface area contributed by atoms with Crippen molar-refractivity contribution in [3.8, 4) is 0 Å². The molecule has 1 aliphatic rings. The third kappa shape index (κ3) is 4.67. The summed E-state index contributed by atoms with van der Waals surface area (Å²) in [6.07, 6.45) is 1.62. The van der Waals surface area contributed by atoms with Crippen LogP contribution in [0.25, 0.3) is 0 Å². The van der Waals surface area contributed by atoms with Gasteiger partial charge in [-0.15, -0.1) is 11.8 Å². The van der Waals surface area contributed by atoms with Crippen LogP contribution in [0.1, 0.15) is 44.0 Å². The SMILES string of the molecule is CCCOC(=O)C1CSC(CC(C)C)N1C(=O)c1ccc(Cl)cc1. The molecule has 1 heterocycles. The van der Waals surface area contributed by atoms with Crippen LogP contribution in [0.2, 0.25) is 5.02 Å². The first-order chi connectivity index (χ1) is 11.4. The van der Waals surface area contributed by atoms with E-state index in [9.17, 15) is 9.59 Å². The van der Waals surface area contributed by atoms with Gasteiger partial charge in [-0.1, -0.05) is 32.4 Å². The maximum Gasteiger partial charge on any atom is 0.329 e. The van der Waals surface area contributed by atoms with Crippen molar-refractivity contribution >= 4 is 35.2 Å². The Morgan fingerprint density at radius 3 is 2.58 bits per heavy atom. The highest BCUT2D eigenvalue weighted by Gasteiger charge is 2.42. The van der Waals surface area contributed by atoms with Gasteiger partial charge in [0, 0.05) is 16.3 Å². The maximum absolute atomic E-state index is 13.0. The van der Waals surface area contributed by atoms with Crippen molar-refractivity contribution < 1.29 is 14.3 Å². The van der Waals surface area contributed by atoms with E-state index in [-0.39, 0.29) is 17.3 Å². The van der Waals surface area contributed by atoms with E-state index >= 15 is 0 Å². The number of halogens is 1. The lowest BCUT2D eigenvalue weighted by molar-refractivity contribution is -0.148. The van der Waals surface area contributed by atoms with Crippen LogP contribution in [0.15, 0.2) is 24.3 Å². The number of carbonyl (C=O) groups is 2. The fourth-order valence-electron chi connectivity index (χ4n) is 2.64.